The van der Waals surface area contributed by atoms with Crippen molar-refractivity contribution in [2.24, 2.45) is 5.92 Å². The summed E-state index contributed by atoms with van der Waals surface area (Å²) in [6.45, 7) is 2.28. The minimum Gasteiger partial charge on any atom is -0.495 e. The third kappa shape index (κ3) is 2.54. The molecule has 0 aliphatic carbocycles. The summed E-state index contributed by atoms with van der Waals surface area (Å²) in [5.74, 6) is -0.200. The minimum atomic E-state index is -0.400. The van der Waals surface area contributed by atoms with Gasteiger partial charge in [-0.1, -0.05) is 6.07 Å². The second-order valence-electron chi connectivity index (χ2n) is 4.60. The Morgan fingerprint density at radius 1 is 1.37 bits per heavy atom. The van der Waals surface area contributed by atoms with E-state index in [0.717, 1.165) is 5.56 Å². The van der Waals surface area contributed by atoms with E-state index >= 15 is 0 Å². The molecule has 1 atom stereocenters. The summed E-state index contributed by atoms with van der Waals surface area (Å²) in [6, 6.07) is 5.63. The zero-order valence-corrected chi connectivity index (χ0v) is 11.3. The van der Waals surface area contributed by atoms with Crippen molar-refractivity contribution in [3.05, 3.63) is 23.8 Å². The smallest absolute Gasteiger partial charge is 0.311 e. The molecular formula is C14H17NO4. The molecule has 1 heterocycles. The predicted molar refractivity (Wildman–Crippen MR) is 70.2 cm³/mol. The van der Waals surface area contributed by atoms with Gasteiger partial charge in [-0.2, -0.15) is 0 Å². The van der Waals surface area contributed by atoms with Crippen LogP contribution in [0.5, 0.6) is 5.75 Å². The van der Waals surface area contributed by atoms with Gasteiger partial charge in [-0.25, -0.2) is 0 Å². The third-order valence-corrected chi connectivity index (χ3v) is 3.28. The van der Waals surface area contributed by atoms with Crippen LogP contribution in [0.2, 0.25) is 0 Å². The Labute approximate surface area is 112 Å². The maximum atomic E-state index is 12.0. The average molecular weight is 263 g/mol. The number of esters is 1. The summed E-state index contributed by atoms with van der Waals surface area (Å²) < 4.78 is 9.97. The quantitative estimate of drug-likeness (QED) is 0.776. The van der Waals surface area contributed by atoms with Crippen molar-refractivity contribution >= 4 is 17.6 Å². The number of hydrogen-bond acceptors (Lipinski definition) is 4. The summed E-state index contributed by atoms with van der Waals surface area (Å²) in [7, 11) is 2.90. The number of hydrogen-bond donors (Lipinski definition) is 0. The number of ether oxygens (including phenoxy) is 2. The molecule has 1 saturated heterocycles. The van der Waals surface area contributed by atoms with Gasteiger partial charge in [0.15, 0.2) is 0 Å². The van der Waals surface area contributed by atoms with Gasteiger partial charge in [0.05, 0.1) is 25.8 Å². The van der Waals surface area contributed by atoms with Crippen molar-refractivity contribution < 1.29 is 19.1 Å². The van der Waals surface area contributed by atoms with Crippen LogP contribution in [-0.4, -0.2) is 32.6 Å². The number of carbonyl (C=O) groups is 2. The van der Waals surface area contributed by atoms with E-state index in [-0.39, 0.29) is 18.3 Å². The molecule has 2 rings (SSSR count). The summed E-state index contributed by atoms with van der Waals surface area (Å²) in [5.41, 5.74) is 1.74. The first kappa shape index (κ1) is 13.4. The zero-order chi connectivity index (χ0) is 14.0. The Morgan fingerprint density at radius 3 is 2.74 bits per heavy atom. The van der Waals surface area contributed by atoms with Gasteiger partial charge in [-0.15, -0.1) is 0 Å². The van der Waals surface area contributed by atoms with Crippen LogP contribution in [0.25, 0.3) is 0 Å². The molecule has 1 aromatic carbocycles. The fourth-order valence-electron chi connectivity index (χ4n) is 2.28. The van der Waals surface area contributed by atoms with Crippen molar-refractivity contribution in [2.45, 2.75) is 13.3 Å². The van der Waals surface area contributed by atoms with E-state index in [4.69, 9.17) is 9.47 Å². The number of benzene rings is 1. The molecule has 0 saturated carbocycles. The highest BCUT2D eigenvalue weighted by atomic mass is 16.5. The first-order valence-electron chi connectivity index (χ1n) is 6.09. The van der Waals surface area contributed by atoms with E-state index in [1.807, 2.05) is 25.1 Å². The molecule has 0 aromatic heterocycles. The van der Waals surface area contributed by atoms with Crippen molar-refractivity contribution in [1.29, 1.82) is 0 Å². The highest BCUT2D eigenvalue weighted by Gasteiger charge is 2.36. The molecule has 1 unspecified atom stereocenters. The number of carbonyl (C=O) groups excluding carboxylic acids is 2. The van der Waals surface area contributed by atoms with E-state index in [0.29, 0.717) is 18.0 Å². The molecule has 102 valence electrons. The minimum absolute atomic E-state index is 0.0840. The van der Waals surface area contributed by atoms with Gasteiger partial charge in [0, 0.05) is 13.0 Å². The molecule has 5 nitrogen and oxygen atoms in total. The van der Waals surface area contributed by atoms with Gasteiger partial charge >= 0.3 is 5.97 Å². The first-order chi connectivity index (χ1) is 9.06. The first-order valence-corrected chi connectivity index (χ1v) is 6.09. The van der Waals surface area contributed by atoms with Crippen LogP contribution in [-0.2, 0) is 14.3 Å². The van der Waals surface area contributed by atoms with E-state index < -0.39 is 5.92 Å². The fraction of sp³-hybridized carbons (Fsp3) is 0.429. The zero-order valence-electron chi connectivity index (χ0n) is 11.3. The number of methoxy groups -OCH3 is 2. The van der Waals surface area contributed by atoms with Crippen molar-refractivity contribution in [2.75, 3.05) is 25.7 Å². The molecule has 0 bridgehead atoms. The van der Waals surface area contributed by atoms with E-state index in [9.17, 15) is 9.59 Å². The van der Waals surface area contributed by atoms with Crippen molar-refractivity contribution in [1.82, 2.24) is 0 Å². The van der Waals surface area contributed by atoms with Gasteiger partial charge in [0.2, 0.25) is 5.91 Å². The molecular weight excluding hydrogens is 246 g/mol. The Hall–Kier alpha value is -2.04. The summed E-state index contributed by atoms with van der Waals surface area (Å²) in [6.07, 6.45) is 0.184. The molecule has 5 heteroatoms. The molecule has 1 fully saturated rings. The van der Waals surface area contributed by atoms with Gasteiger partial charge in [0.25, 0.3) is 0 Å². The van der Waals surface area contributed by atoms with E-state index in [1.165, 1.54) is 7.11 Å². The Kier molecular flexibility index (Phi) is 3.74. The average Bonchev–Trinajstić information content (AvgIpc) is 2.79. The highest BCUT2D eigenvalue weighted by Crippen LogP contribution is 2.34. The lowest BCUT2D eigenvalue weighted by Gasteiger charge is -2.19. The molecule has 19 heavy (non-hydrogen) atoms. The van der Waals surface area contributed by atoms with Crippen LogP contribution < -0.4 is 9.64 Å². The van der Waals surface area contributed by atoms with Gasteiger partial charge in [-0.3, -0.25) is 9.59 Å². The second kappa shape index (κ2) is 5.30. The lowest BCUT2D eigenvalue weighted by Crippen LogP contribution is -2.26. The molecule has 1 aromatic rings. The molecule has 1 amide bonds. The molecule has 1 aliphatic heterocycles. The Balaban J connectivity index is 2.30. The lowest BCUT2D eigenvalue weighted by molar-refractivity contribution is -0.145. The largest absolute Gasteiger partial charge is 0.495 e. The van der Waals surface area contributed by atoms with Crippen molar-refractivity contribution in [3.63, 3.8) is 0 Å². The number of nitrogens with zero attached hydrogens (tertiary/aromatic N) is 1. The van der Waals surface area contributed by atoms with E-state index in [2.05, 4.69) is 0 Å². The second-order valence-corrected chi connectivity index (χ2v) is 4.60. The van der Waals surface area contributed by atoms with Crippen molar-refractivity contribution in [3.8, 4) is 5.75 Å². The maximum Gasteiger partial charge on any atom is 0.311 e. The lowest BCUT2D eigenvalue weighted by atomic mass is 10.1. The van der Waals surface area contributed by atoms with Crippen LogP contribution in [0.1, 0.15) is 12.0 Å². The molecule has 0 spiro atoms. The standard InChI is InChI=1S/C14H17NO4/c1-9-4-5-12(18-2)11(6-9)15-8-10(7-13(15)16)14(17)19-3/h4-6,10H,7-8H2,1-3H3. The summed E-state index contributed by atoms with van der Waals surface area (Å²) in [4.78, 5) is 25.2. The molecule has 0 N–H and O–H groups in total. The van der Waals surface area contributed by atoms with Gasteiger partial charge in [0.1, 0.15) is 5.75 Å². The number of amides is 1. The normalized spacial score (nSPS) is 18.6. The van der Waals surface area contributed by atoms with E-state index in [1.54, 1.807) is 12.0 Å². The number of aryl methyl sites for hydroxylation is 1. The maximum absolute atomic E-state index is 12.0. The molecule has 1 aliphatic rings. The number of rotatable bonds is 3. The Morgan fingerprint density at radius 2 is 2.11 bits per heavy atom. The van der Waals surface area contributed by atoms with Crippen LogP contribution in [0.4, 0.5) is 5.69 Å². The summed E-state index contributed by atoms with van der Waals surface area (Å²) in [5, 5.41) is 0. The van der Waals surface area contributed by atoms with Gasteiger partial charge < -0.3 is 14.4 Å². The topological polar surface area (TPSA) is 55.8 Å². The monoisotopic (exact) mass is 263 g/mol. The van der Waals surface area contributed by atoms with Crippen LogP contribution in [0.15, 0.2) is 18.2 Å². The summed E-state index contributed by atoms with van der Waals surface area (Å²) >= 11 is 0. The Bertz CT molecular complexity index is 512. The van der Waals surface area contributed by atoms with Gasteiger partial charge in [-0.05, 0) is 24.6 Å². The highest BCUT2D eigenvalue weighted by molar-refractivity contribution is 6.00. The molecule has 0 radical (unpaired) electrons. The van der Waals surface area contributed by atoms with Crippen LogP contribution in [0, 0.1) is 12.8 Å². The predicted octanol–water partition coefficient (Wildman–Crippen LogP) is 1.53. The number of anilines is 1. The SMILES string of the molecule is COC(=O)C1CC(=O)N(c2cc(C)ccc2OC)C1. The fourth-order valence-corrected chi connectivity index (χ4v) is 2.28. The third-order valence-electron chi connectivity index (χ3n) is 3.28. The van der Waals surface area contributed by atoms with Crippen LogP contribution >= 0.6 is 0 Å². The van der Waals surface area contributed by atoms with Crippen LogP contribution in [0.3, 0.4) is 0 Å².